The van der Waals surface area contributed by atoms with Gasteiger partial charge in [0.15, 0.2) is 0 Å². The van der Waals surface area contributed by atoms with Crippen LogP contribution >= 0.6 is 23.1 Å². The van der Waals surface area contributed by atoms with E-state index in [9.17, 15) is 23.7 Å². The van der Waals surface area contributed by atoms with Crippen LogP contribution in [0.5, 0.6) is 5.75 Å². The molecule has 3 N–H and O–H groups in total. The number of piperazine rings is 1. The van der Waals surface area contributed by atoms with Crippen molar-refractivity contribution in [3.8, 4) is 5.75 Å². The van der Waals surface area contributed by atoms with Crippen LogP contribution in [0.4, 0.5) is 34.5 Å². The van der Waals surface area contributed by atoms with Gasteiger partial charge in [-0.25, -0.2) is 4.98 Å². The molecule has 6 heterocycles. The molecule has 9 rings (SSSR count). The number of nitrogens with one attached hydrogen (secondary N) is 3. The summed E-state index contributed by atoms with van der Waals surface area (Å²) in [6.07, 6.45) is 7.10. The third kappa shape index (κ3) is 8.22. The number of carbonyl (C=O) groups is 4. The number of anilines is 6. The number of nitrogens with zero attached hydrogens (tertiary/aromatic N) is 8. The molecule has 19 heteroatoms. The first-order valence-electron chi connectivity index (χ1n) is 20.9. The Morgan fingerprint density at radius 1 is 0.825 bits per heavy atom. The van der Waals surface area contributed by atoms with E-state index in [1.165, 1.54) is 0 Å². The summed E-state index contributed by atoms with van der Waals surface area (Å²) in [4.78, 5) is 77.2. The summed E-state index contributed by atoms with van der Waals surface area (Å²) < 4.78 is 20.0. The predicted molar refractivity (Wildman–Crippen MR) is 245 cm³/mol. The van der Waals surface area contributed by atoms with Crippen molar-refractivity contribution in [3.63, 3.8) is 0 Å². The van der Waals surface area contributed by atoms with E-state index in [1.807, 2.05) is 18.2 Å². The zero-order valence-corrected chi connectivity index (χ0v) is 37.8. The maximum Gasteiger partial charge on any atom is 0.262 e. The Hall–Kier alpha value is -5.97. The summed E-state index contributed by atoms with van der Waals surface area (Å²) in [5.74, 6) is -0.509. The number of hydrogen-bond acceptors (Lipinski definition) is 15. The van der Waals surface area contributed by atoms with Gasteiger partial charge in [0.25, 0.3) is 11.8 Å². The molecule has 0 bridgehead atoms. The van der Waals surface area contributed by atoms with Crippen LogP contribution in [0.2, 0.25) is 0 Å². The second kappa shape index (κ2) is 17.0. The maximum atomic E-state index is 13.5. The Morgan fingerprint density at radius 3 is 2.30 bits per heavy atom. The van der Waals surface area contributed by atoms with Gasteiger partial charge in [-0.05, 0) is 97.4 Å². The van der Waals surface area contributed by atoms with Crippen molar-refractivity contribution >= 4 is 97.6 Å². The summed E-state index contributed by atoms with van der Waals surface area (Å²) >= 11 is 3.58. The minimum Gasteiger partial charge on any atom is -0.494 e. The lowest BCUT2D eigenvalue weighted by Crippen LogP contribution is -2.54. The molecule has 4 aliphatic rings. The number of benzene rings is 3. The number of hydrogen-bond donors (Lipinski definition) is 3. The number of carbonyl (C=O) groups excluding carboxylic acids is 4. The summed E-state index contributed by atoms with van der Waals surface area (Å²) in [6.45, 7) is 10.6. The molecule has 3 aromatic carbocycles. The number of rotatable bonds is 10. The van der Waals surface area contributed by atoms with E-state index < -0.39 is 36.8 Å². The van der Waals surface area contributed by atoms with E-state index >= 15 is 0 Å². The molecule has 0 saturated carbocycles. The first-order chi connectivity index (χ1) is 30.3. The fraction of sp³-hybridized carbons (Fsp3) is 0.364. The highest BCUT2D eigenvalue weighted by atomic mass is 79.9. The largest absolute Gasteiger partial charge is 0.494 e. The number of halogens is 1. The molecule has 326 valence electrons. The summed E-state index contributed by atoms with van der Waals surface area (Å²) in [5, 5.41) is 9.55. The highest BCUT2D eigenvalue weighted by Crippen LogP contribution is 2.42. The van der Waals surface area contributed by atoms with Crippen molar-refractivity contribution in [2.75, 3.05) is 80.1 Å². The normalized spacial score (nSPS) is 18.8. The molecule has 0 radical (unpaired) electrons. The lowest BCUT2D eigenvalue weighted by atomic mass is 10.00. The summed E-state index contributed by atoms with van der Waals surface area (Å²) in [5.41, 5.74) is 6.24. The molecule has 0 spiro atoms. The summed E-state index contributed by atoms with van der Waals surface area (Å²) in [6, 6.07) is 12.6. The van der Waals surface area contributed by atoms with Crippen LogP contribution in [0.3, 0.4) is 0 Å². The Bertz CT molecular complexity index is 2730. The molecule has 0 aliphatic carbocycles. The molecule has 3 saturated heterocycles. The monoisotopic (exact) mass is 935 g/mol. The highest BCUT2D eigenvalue weighted by molar-refractivity contribution is 9.10. The number of piperidine rings is 2. The molecular formula is C44H47BrN11O6P. The van der Waals surface area contributed by atoms with E-state index in [0.29, 0.717) is 55.6 Å². The lowest BCUT2D eigenvalue weighted by Gasteiger charge is -2.44. The van der Waals surface area contributed by atoms with Gasteiger partial charge in [0.05, 0.1) is 44.9 Å². The Labute approximate surface area is 372 Å². The van der Waals surface area contributed by atoms with Gasteiger partial charge in [-0.2, -0.15) is 4.98 Å². The van der Waals surface area contributed by atoms with Gasteiger partial charge in [-0.15, -0.1) is 0 Å². The molecule has 4 aliphatic heterocycles. The molecule has 4 amide bonds. The van der Waals surface area contributed by atoms with Crippen LogP contribution in [-0.4, -0.2) is 125 Å². The number of ether oxygens (including phenoxy) is 1. The van der Waals surface area contributed by atoms with Crippen LogP contribution in [0.15, 0.2) is 65.5 Å². The fourth-order valence-electron chi connectivity index (χ4n) is 9.19. The minimum absolute atomic E-state index is 0.0842. The van der Waals surface area contributed by atoms with Crippen molar-refractivity contribution in [1.29, 1.82) is 0 Å². The van der Waals surface area contributed by atoms with Gasteiger partial charge < -0.3 is 29.7 Å². The molecule has 5 aromatic rings. The quantitative estimate of drug-likeness (QED) is 0.119. The third-order valence-corrected chi connectivity index (χ3v) is 14.4. The molecule has 2 aromatic heterocycles. The molecule has 63 heavy (non-hydrogen) atoms. The van der Waals surface area contributed by atoms with E-state index in [0.717, 1.165) is 79.6 Å². The number of aryl methyl sites for hydroxylation is 1. The van der Waals surface area contributed by atoms with Crippen LogP contribution in [0.25, 0.3) is 11.0 Å². The first kappa shape index (κ1) is 42.3. The van der Waals surface area contributed by atoms with Crippen molar-refractivity contribution in [3.05, 3.63) is 82.2 Å². The van der Waals surface area contributed by atoms with Gasteiger partial charge in [0, 0.05) is 87.8 Å². The van der Waals surface area contributed by atoms with Gasteiger partial charge in [-0.3, -0.25) is 44.3 Å². The zero-order chi connectivity index (χ0) is 44.2. The van der Waals surface area contributed by atoms with Crippen molar-refractivity contribution in [2.45, 2.75) is 44.7 Å². The number of imide groups is 2. The average Bonchev–Trinajstić information content (AvgIpc) is 3.52. The Kier molecular flexibility index (Phi) is 11.4. The second-order valence-corrected chi connectivity index (χ2v) is 20.6. The maximum absolute atomic E-state index is 13.5. The Balaban J connectivity index is 0.821. The fourth-order valence-corrected chi connectivity index (χ4v) is 10.9. The minimum atomic E-state index is -2.79. The first-order valence-corrected chi connectivity index (χ1v) is 24.3. The van der Waals surface area contributed by atoms with Gasteiger partial charge in [0.2, 0.25) is 17.8 Å². The zero-order valence-electron chi connectivity index (χ0n) is 35.4. The third-order valence-electron chi connectivity index (χ3n) is 12.3. The van der Waals surface area contributed by atoms with Crippen LogP contribution in [0.1, 0.15) is 52.0 Å². The van der Waals surface area contributed by atoms with E-state index in [2.05, 4.69) is 80.6 Å². The van der Waals surface area contributed by atoms with Gasteiger partial charge >= 0.3 is 0 Å². The van der Waals surface area contributed by atoms with Gasteiger partial charge in [-0.1, -0.05) is 0 Å². The van der Waals surface area contributed by atoms with E-state index in [1.54, 1.807) is 51.2 Å². The number of fused-ring (bicyclic) bond motifs is 2. The molecule has 1 unspecified atom stereocenters. The number of methoxy groups -OCH3 is 1. The second-order valence-electron chi connectivity index (χ2n) is 16.6. The lowest BCUT2D eigenvalue weighted by molar-refractivity contribution is -0.136. The van der Waals surface area contributed by atoms with Crippen LogP contribution in [-0.2, 0) is 14.2 Å². The van der Waals surface area contributed by atoms with Crippen molar-refractivity contribution in [2.24, 2.45) is 0 Å². The highest BCUT2D eigenvalue weighted by Gasteiger charge is 2.45. The standard InChI is InChI=1S/C44H47BrN11O6P/c1-25-21-33(50-44-48-24-30(45)40(52-44)49-32-8-7-31-38(47-14-13-46-31)39(32)63(3,4)61)36(62-2)23-35(25)55-15-11-26(12-16-55)53-17-19-54(20-18-53)27-5-6-28-29(22-27)43(60)56(42(28)59)34-9-10-37(57)51-41(34)58/h5-8,13-14,21-24,26,34H,9-12,15-20H2,1-4H3,(H,51,57,58)(H2,48,49,50,52). The Morgan fingerprint density at radius 2 is 1.57 bits per heavy atom. The smallest absolute Gasteiger partial charge is 0.262 e. The van der Waals surface area contributed by atoms with Crippen LogP contribution in [0, 0.1) is 6.92 Å². The van der Waals surface area contributed by atoms with Gasteiger partial charge in [0.1, 0.15) is 30.3 Å². The van der Waals surface area contributed by atoms with Crippen molar-refractivity contribution in [1.82, 2.24) is 35.1 Å². The van der Waals surface area contributed by atoms with Crippen LogP contribution < -0.4 is 35.8 Å². The molecule has 1 atom stereocenters. The molecule has 3 fully saturated rings. The molecular weight excluding hydrogens is 889 g/mol. The molecule has 17 nitrogen and oxygen atoms in total. The predicted octanol–water partition coefficient (Wildman–Crippen LogP) is 5.43. The number of aromatic nitrogens is 4. The SMILES string of the molecule is COc1cc(N2CCC(N3CCN(c4ccc5c(c4)C(=O)N(C4CCC(=O)NC4=O)C5=O)CC3)CC2)c(C)cc1Nc1ncc(Br)c(Nc2ccc3nccnc3c2P(C)(C)=O)n1. The summed E-state index contributed by atoms with van der Waals surface area (Å²) in [7, 11) is -1.14. The van der Waals surface area contributed by atoms with E-state index in [4.69, 9.17) is 9.72 Å². The van der Waals surface area contributed by atoms with E-state index in [-0.39, 0.29) is 18.4 Å². The average molecular weight is 937 g/mol. The number of amides is 4. The van der Waals surface area contributed by atoms with Crippen molar-refractivity contribution < 1.29 is 28.5 Å². The topological polar surface area (TPSA) is 195 Å².